The van der Waals surface area contributed by atoms with Crippen LogP contribution in [0.4, 0.5) is 0 Å². The standard InChI is InChI=1S/C19H16N4O5/c1-23-8-6-19(27,18(23)26)15-10-14(22-28-15)12-4-2-3-11(9-12)13-5-7-20-16(21-13)17(24)25/h2-5,7,9-10,27H,6,8H2,1H3,(H,24,25)/t19-/m1/s1. The van der Waals surface area contributed by atoms with Crippen molar-refractivity contribution >= 4 is 11.9 Å². The zero-order chi connectivity index (χ0) is 19.9. The van der Waals surface area contributed by atoms with E-state index in [-0.39, 0.29) is 18.0 Å². The summed E-state index contributed by atoms with van der Waals surface area (Å²) in [6.07, 6.45) is 1.61. The summed E-state index contributed by atoms with van der Waals surface area (Å²) in [6, 6.07) is 10.2. The number of likely N-dealkylation sites (tertiary alicyclic amines) is 1. The number of carbonyl (C=O) groups is 2. The van der Waals surface area contributed by atoms with Gasteiger partial charge in [0.25, 0.3) is 5.91 Å². The zero-order valence-electron chi connectivity index (χ0n) is 14.9. The number of hydrogen-bond donors (Lipinski definition) is 2. The van der Waals surface area contributed by atoms with Crippen molar-refractivity contribution in [3.05, 3.63) is 54.2 Å². The van der Waals surface area contributed by atoms with E-state index in [0.29, 0.717) is 29.1 Å². The fraction of sp³-hybridized carbons (Fsp3) is 0.211. The molecule has 1 atom stereocenters. The number of hydrogen-bond acceptors (Lipinski definition) is 7. The van der Waals surface area contributed by atoms with Gasteiger partial charge in [-0.3, -0.25) is 4.79 Å². The lowest BCUT2D eigenvalue weighted by atomic mass is 9.98. The van der Waals surface area contributed by atoms with Gasteiger partial charge in [-0.1, -0.05) is 23.4 Å². The third-order valence-corrected chi connectivity index (χ3v) is 4.73. The van der Waals surface area contributed by atoms with Crippen molar-refractivity contribution in [3.63, 3.8) is 0 Å². The lowest BCUT2D eigenvalue weighted by molar-refractivity contribution is -0.144. The summed E-state index contributed by atoms with van der Waals surface area (Å²) >= 11 is 0. The number of rotatable bonds is 4. The molecule has 2 N–H and O–H groups in total. The number of nitrogens with zero attached hydrogens (tertiary/aromatic N) is 4. The highest BCUT2D eigenvalue weighted by molar-refractivity contribution is 5.88. The molecule has 1 saturated heterocycles. The summed E-state index contributed by atoms with van der Waals surface area (Å²) in [5, 5.41) is 23.7. The van der Waals surface area contributed by atoms with Gasteiger partial charge in [0.15, 0.2) is 5.76 Å². The lowest BCUT2D eigenvalue weighted by Gasteiger charge is -2.16. The van der Waals surface area contributed by atoms with Crippen LogP contribution in [0.3, 0.4) is 0 Å². The van der Waals surface area contributed by atoms with Crippen molar-refractivity contribution in [2.75, 3.05) is 13.6 Å². The summed E-state index contributed by atoms with van der Waals surface area (Å²) < 4.78 is 5.27. The van der Waals surface area contributed by atoms with E-state index in [1.807, 2.05) is 0 Å². The first-order valence-electron chi connectivity index (χ1n) is 8.51. The van der Waals surface area contributed by atoms with Gasteiger partial charge in [-0.05, 0) is 12.1 Å². The van der Waals surface area contributed by atoms with Crippen molar-refractivity contribution in [2.45, 2.75) is 12.0 Å². The number of aromatic carboxylic acids is 1. The normalized spacial score (nSPS) is 19.2. The van der Waals surface area contributed by atoms with E-state index in [0.717, 1.165) is 0 Å². The minimum absolute atomic E-state index is 0.0949. The van der Waals surface area contributed by atoms with Crippen LogP contribution in [-0.4, -0.2) is 55.7 Å². The highest BCUT2D eigenvalue weighted by Gasteiger charge is 2.48. The highest BCUT2D eigenvalue weighted by atomic mass is 16.5. The number of aromatic nitrogens is 3. The van der Waals surface area contributed by atoms with E-state index in [9.17, 15) is 14.7 Å². The van der Waals surface area contributed by atoms with Crippen molar-refractivity contribution in [1.29, 1.82) is 0 Å². The van der Waals surface area contributed by atoms with E-state index in [4.69, 9.17) is 9.63 Å². The molecular formula is C19H16N4O5. The van der Waals surface area contributed by atoms with Gasteiger partial charge < -0.3 is 19.6 Å². The topological polar surface area (TPSA) is 130 Å². The maximum absolute atomic E-state index is 12.2. The lowest BCUT2D eigenvalue weighted by Crippen LogP contribution is -2.35. The molecule has 0 radical (unpaired) electrons. The molecule has 0 aliphatic carbocycles. The molecule has 9 nitrogen and oxygen atoms in total. The highest BCUT2D eigenvalue weighted by Crippen LogP contribution is 2.35. The minimum Gasteiger partial charge on any atom is -0.475 e. The largest absolute Gasteiger partial charge is 0.475 e. The Labute approximate surface area is 159 Å². The number of carbonyl (C=O) groups excluding carboxylic acids is 1. The Bertz CT molecular complexity index is 1080. The fourth-order valence-corrected chi connectivity index (χ4v) is 3.15. The smallest absolute Gasteiger partial charge is 0.373 e. The van der Waals surface area contributed by atoms with Gasteiger partial charge >= 0.3 is 5.97 Å². The summed E-state index contributed by atoms with van der Waals surface area (Å²) in [5.74, 6) is -1.83. The summed E-state index contributed by atoms with van der Waals surface area (Å²) in [4.78, 5) is 32.5. The van der Waals surface area contributed by atoms with Gasteiger partial charge in [-0.2, -0.15) is 0 Å². The van der Waals surface area contributed by atoms with Crippen LogP contribution >= 0.6 is 0 Å². The molecule has 0 bridgehead atoms. The van der Waals surface area contributed by atoms with Crippen LogP contribution in [0, 0.1) is 0 Å². The molecule has 28 heavy (non-hydrogen) atoms. The van der Waals surface area contributed by atoms with E-state index in [1.54, 1.807) is 43.4 Å². The van der Waals surface area contributed by atoms with Crippen molar-refractivity contribution in [2.24, 2.45) is 0 Å². The van der Waals surface area contributed by atoms with Gasteiger partial charge in [0.05, 0.1) is 5.69 Å². The molecule has 1 fully saturated rings. The first-order chi connectivity index (χ1) is 13.4. The molecule has 1 aromatic carbocycles. The second-order valence-corrected chi connectivity index (χ2v) is 6.56. The molecule has 1 aliphatic rings. The molecule has 9 heteroatoms. The Morgan fingerprint density at radius 3 is 2.64 bits per heavy atom. The van der Waals surface area contributed by atoms with E-state index < -0.39 is 17.5 Å². The molecule has 1 aliphatic heterocycles. The molecule has 142 valence electrons. The Morgan fingerprint density at radius 2 is 1.96 bits per heavy atom. The molecule has 0 unspecified atom stereocenters. The van der Waals surface area contributed by atoms with Crippen molar-refractivity contribution in [1.82, 2.24) is 20.0 Å². The first-order valence-corrected chi connectivity index (χ1v) is 8.51. The van der Waals surface area contributed by atoms with Crippen LogP contribution in [0.1, 0.15) is 22.8 Å². The maximum atomic E-state index is 12.2. The number of carboxylic acids is 1. The summed E-state index contributed by atoms with van der Waals surface area (Å²) in [6.45, 7) is 0.431. The SMILES string of the molecule is CN1CC[C@@](O)(c2cc(-c3cccc(-c4ccnc(C(=O)O)n4)c3)no2)C1=O. The molecule has 4 rings (SSSR count). The van der Waals surface area contributed by atoms with Gasteiger partial charge in [0.2, 0.25) is 11.4 Å². The van der Waals surface area contributed by atoms with Crippen LogP contribution in [0.2, 0.25) is 0 Å². The molecule has 2 aromatic heterocycles. The van der Waals surface area contributed by atoms with Gasteiger partial charge in [0.1, 0.15) is 5.69 Å². The number of aliphatic hydroxyl groups is 1. The Morgan fingerprint density at radius 1 is 1.21 bits per heavy atom. The van der Waals surface area contributed by atoms with Gasteiger partial charge in [-0.15, -0.1) is 0 Å². The van der Waals surface area contributed by atoms with Crippen LogP contribution in [0.15, 0.2) is 47.1 Å². The first kappa shape index (κ1) is 17.8. The van der Waals surface area contributed by atoms with E-state index in [1.165, 1.54) is 11.1 Å². The van der Waals surface area contributed by atoms with Gasteiger partial charge in [0, 0.05) is 43.4 Å². The van der Waals surface area contributed by atoms with Crippen LogP contribution in [-0.2, 0) is 10.4 Å². The molecule has 3 aromatic rings. The number of benzene rings is 1. The van der Waals surface area contributed by atoms with E-state index >= 15 is 0 Å². The number of likely N-dealkylation sites (N-methyl/N-ethyl adjacent to an activating group) is 1. The van der Waals surface area contributed by atoms with Crippen LogP contribution in [0.25, 0.3) is 22.5 Å². The fourth-order valence-electron chi connectivity index (χ4n) is 3.15. The van der Waals surface area contributed by atoms with Crippen LogP contribution < -0.4 is 0 Å². The minimum atomic E-state index is -1.71. The molecule has 1 amide bonds. The zero-order valence-corrected chi connectivity index (χ0v) is 14.9. The quantitative estimate of drug-likeness (QED) is 0.697. The monoisotopic (exact) mass is 380 g/mol. The molecular weight excluding hydrogens is 364 g/mol. The molecule has 3 heterocycles. The van der Waals surface area contributed by atoms with Gasteiger partial charge in [-0.25, -0.2) is 14.8 Å². The average Bonchev–Trinajstić information content (AvgIpc) is 3.31. The van der Waals surface area contributed by atoms with Crippen molar-refractivity contribution in [3.8, 4) is 22.5 Å². The average molecular weight is 380 g/mol. The Hall–Kier alpha value is -3.59. The second kappa shape index (κ2) is 6.54. The predicted octanol–water partition coefficient (Wildman–Crippen LogP) is 1.55. The van der Waals surface area contributed by atoms with Crippen molar-refractivity contribution < 1.29 is 24.3 Å². The number of carboxylic acid groups (broad SMARTS) is 1. The second-order valence-electron chi connectivity index (χ2n) is 6.56. The molecule has 0 spiro atoms. The summed E-state index contributed by atoms with van der Waals surface area (Å²) in [5.41, 5.74) is 0.526. The number of amides is 1. The Kier molecular flexibility index (Phi) is 4.16. The molecule has 0 saturated carbocycles. The van der Waals surface area contributed by atoms with Crippen LogP contribution in [0.5, 0.6) is 0 Å². The summed E-state index contributed by atoms with van der Waals surface area (Å²) in [7, 11) is 1.62. The van der Waals surface area contributed by atoms with E-state index in [2.05, 4.69) is 15.1 Å². The predicted molar refractivity (Wildman–Crippen MR) is 96.1 cm³/mol. The Balaban J connectivity index is 1.68. The third-order valence-electron chi connectivity index (χ3n) is 4.73. The third kappa shape index (κ3) is 2.91. The maximum Gasteiger partial charge on any atom is 0.373 e.